The lowest BCUT2D eigenvalue weighted by molar-refractivity contribution is 0.112. The summed E-state index contributed by atoms with van der Waals surface area (Å²) >= 11 is 0. The van der Waals surface area contributed by atoms with E-state index in [0.717, 1.165) is 17.2 Å². The average molecular weight is 314 g/mol. The fourth-order valence-corrected chi connectivity index (χ4v) is 2.92. The van der Waals surface area contributed by atoms with Crippen molar-refractivity contribution in [3.8, 4) is 5.75 Å². The zero-order valence-electron chi connectivity index (χ0n) is 12.8. The number of hydrogen-bond acceptors (Lipinski definition) is 3. The summed E-state index contributed by atoms with van der Waals surface area (Å²) in [6, 6.07) is 18.8. The van der Waals surface area contributed by atoms with Gasteiger partial charge in [0.25, 0.3) is 0 Å². The fourth-order valence-electron chi connectivity index (χ4n) is 2.92. The van der Waals surface area contributed by atoms with Gasteiger partial charge in [0.1, 0.15) is 17.1 Å². The molecule has 3 aromatic carbocycles. The first-order valence-corrected chi connectivity index (χ1v) is 7.63. The normalized spacial score (nSPS) is 11.5. The van der Waals surface area contributed by atoms with Gasteiger partial charge in [0.15, 0.2) is 6.29 Å². The van der Waals surface area contributed by atoms with E-state index in [1.165, 1.54) is 0 Å². The van der Waals surface area contributed by atoms with Gasteiger partial charge in [0.2, 0.25) is 0 Å². The number of aldehydes is 1. The van der Waals surface area contributed by atoms with E-state index in [4.69, 9.17) is 4.42 Å². The molecule has 0 spiro atoms. The first kappa shape index (κ1) is 14.3. The van der Waals surface area contributed by atoms with Crippen LogP contribution in [0.25, 0.3) is 33.9 Å². The molecule has 0 fully saturated rings. The predicted molar refractivity (Wildman–Crippen MR) is 96.1 cm³/mol. The van der Waals surface area contributed by atoms with Crippen molar-refractivity contribution < 1.29 is 14.3 Å². The zero-order valence-corrected chi connectivity index (χ0v) is 12.8. The van der Waals surface area contributed by atoms with Crippen molar-refractivity contribution in [2.75, 3.05) is 0 Å². The molecule has 1 aromatic heterocycles. The monoisotopic (exact) mass is 314 g/mol. The third-order valence-electron chi connectivity index (χ3n) is 4.09. The van der Waals surface area contributed by atoms with Crippen LogP contribution in [0.3, 0.4) is 0 Å². The molecule has 116 valence electrons. The van der Waals surface area contributed by atoms with Gasteiger partial charge in [0, 0.05) is 16.2 Å². The summed E-state index contributed by atoms with van der Waals surface area (Å²) in [6.45, 7) is 0. The zero-order chi connectivity index (χ0) is 16.5. The van der Waals surface area contributed by atoms with Gasteiger partial charge >= 0.3 is 0 Å². The van der Waals surface area contributed by atoms with Crippen LogP contribution in [-0.2, 0) is 0 Å². The summed E-state index contributed by atoms with van der Waals surface area (Å²) in [6.07, 6.45) is 4.45. The Hall–Kier alpha value is -3.33. The Balaban J connectivity index is 1.95. The number of hydrogen-bond donors (Lipinski definition) is 1. The smallest absolute Gasteiger partial charge is 0.154 e. The molecule has 0 radical (unpaired) electrons. The average Bonchev–Trinajstić information content (AvgIpc) is 2.98. The Kier molecular flexibility index (Phi) is 3.39. The van der Waals surface area contributed by atoms with Crippen LogP contribution in [0.5, 0.6) is 5.75 Å². The molecule has 0 saturated heterocycles. The van der Waals surface area contributed by atoms with Gasteiger partial charge in [-0.15, -0.1) is 0 Å². The molecule has 0 unspecified atom stereocenters. The molecule has 1 N–H and O–H groups in total. The Morgan fingerprint density at radius 1 is 0.833 bits per heavy atom. The summed E-state index contributed by atoms with van der Waals surface area (Å²) in [7, 11) is 0. The predicted octanol–water partition coefficient (Wildman–Crippen LogP) is 5.27. The van der Waals surface area contributed by atoms with E-state index in [0.29, 0.717) is 27.7 Å². The minimum absolute atomic E-state index is 0.139. The van der Waals surface area contributed by atoms with Crippen LogP contribution in [0.4, 0.5) is 0 Å². The van der Waals surface area contributed by atoms with Crippen molar-refractivity contribution >= 4 is 40.2 Å². The molecule has 0 atom stereocenters. The molecule has 0 aliphatic carbocycles. The van der Waals surface area contributed by atoms with Crippen molar-refractivity contribution in [3.05, 3.63) is 77.6 Å². The minimum Gasteiger partial charge on any atom is -0.507 e. The lowest BCUT2D eigenvalue weighted by Crippen LogP contribution is -1.81. The van der Waals surface area contributed by atoms with Crippen molar-refractivity contribution in [1.82, 2.24) is 0 Å². The number of aromatic hydroxyl groups is 1. The van der Waals surface area contributed by atoms with Crippen molar-refractivity contribution in [2.24, 2.45) is 0 Å². The summed E-state index contributed by atoms with van der Waals surface area (Å²) in [4.78, 5) is 11.6. The van der Waals surface area contributed by atoms with Crippen LogP contribution in [0.2, 0.25) is 0 Å². The number of carbonyl (C=O) groups excluding carboxylic acids is 1. The van der Waals surface area contributed by atoms with Gasteiger partial charge in [-0.3, -0.25) is 4.79 Å². The van der Waals surface area contributed by atoms with E-state index in [1.54, 1.807) is 12.1 Å². The van der Waals surface area contributed by atoms with Crippen LogP contribution in [-0.4, -0.2) is 11.4 Å². The van der Waals surface area contributed by atoms with Crippen LogP contribution in [0.15, 0.2) is 65.1 Å². The lowest BCUT2D eigenvalue weighted by atomic mass is 10.0. The number of benzene rings is 3. The highest BCUT2D eigenvalue weighted by molar-refractivity contribution is 6.13. The van der Waals surface area contributed by atoms with E-state index < -0.39 is 0 Å². The lowest BCUT2D eigenvalue weighted by Gasteiger charge is -2.01. The molecule has 3 heteroatoms. The van der Waals surface area contributed by atoms with E-state index >= 15 is 0 Å². The highest BCUT2D eigenvalue weighted by Gasteiger charge is 2.16. The van der Waals surface area contributed by atoms with Gasteiger partial charge in [-0.05, 0) is 17.7 Å². The van der Waals surface area contributed by atoms with E-state index in [-0.39, 0.29) is 5.75 Å². The molecule has 4 aromatic rings. The number of furan rings is 1. The van der Waals surface area contributed by atoms with Crippen LogP contribution in [0, 0.1) is 0 Å². The second-order valence-corrected chi connectivity index (χ2v) is 5.56. The van der Waals surface area contributed by atoms with Crippen LogP contribution < -0.4 is 0 Å². The number of rotatable bonds is 3. The Labute approximate surface area is 138 Å². The van der Waals surface area contributed by atoms with Crippen molar-refractivity contribution in [1.29, 1.82) is 0 Å². The Bertz CT molecular complexity index is 1070. The van der Waals surface area contributed by atoms with Crippen LogP contribution >= 0.6 is 0 Å². The second kappa shape index (κ2) is 5.70. The maximum absolute atomic E-state index is 11.6. The number of phenols is 1. The quantitative estimate of drug-likeness (QED) is 0.524. The van der Waals surface area contributed by atoms with Crippen LogP contribution in [0.1, 0.15) is 21.7 Å². The number of fused-ring (bicyclic) bond motifs is 3. The highest BCUT2D eigenvalue weighted by Crippen LogP contribution is 2.37. The molecule has 0 saturated carbocycles. The molecule has 1 heterocycles. The maximum Gasteiger partial charge on any atom is 0.154 e. The highest BCUT2D eigenvalue weighted by atomic mass is 16.3. The van der Waals surface area contributed by atoms with Gasteiger partial charge in [-0.25, -0.2) is 0 Å². The molecule has 0 amide bonds. The molecule has 0 bridgehead atoms. The standard InChI is InChI=1S/C21H14O3/c22-13-18-17-12-19(23)15-8-4-5-9-16(15)21(17)24-20(18)11-10-14-6-2-1-3-7-14/h1-13,23H/b11-10+. The third kappa shape index (κ3) is 2.27. The molecule has 4 rings (SSSR count). The van der Waals surface area contributed by atoms with Gasteiger partial charge in [0.05, 0.1) is 5.56 Å². The van der Waals surface area contributed by atoms with Gasteiger partial charge in [-0.1, -0.05) is 60.7 Å². The van der Waals surface area contributed by atoms with Crippen molar-refractivity contribution in [2.45, 2.75) is 0 Å². The Morgan fingerprint density at radius 3 is 2.29 bits per heavy atom. The number of carbonyl (C=O) groups is 1. The van der Waals surface area contributed by atoms with Gasteiger partial charge in [-0.2, -0.15) is 0 Å². The van der Waals surface area contributed by atoms with Crippen molar-refractivity contribution in [3.63, 3.8) is 0 Å². The fraction of sp³-hybridized carbons (Fsp3) is 0. The molecule has 0 aliphatic heterocycles. The van der Waals surface area contributed by atoms with E-state index in [1.807, 2.05) is 60.7 Å². The molecule has 3 nitrogen and oxygen atoms in total. The topological polar surface area (TPSA) is 50.4 Å². The summed E-state index contributed by atoms with van der Waals surface area (Å²) in [5.41, 5.74) is 2.07. The summed E-state index contributed by atoms with van der Waals surface area (Å²) in [5, 5.41) is 12.3. The molecule has 0 aliphatic rings. The second-order valence-electron chi connectivity index (χ2n) is 5.56. The molecule has 24 heavy (non-hydrogen) atoms. The first-order chi connectivity index (χ1) is 11.8. The summed E-state index contributed by atoms with van der Waals surface area (Å²) in [5.74, 6) is 0.625. The van der Waals surface area contributed by atoms with E-state index in [9.17, 15) is 9.90 Å². The molecular formula is C21H14O3. The third-order valence-corrected chi connectivity index (χ3v) is 4.09. The largest absolute Gasteiger partial charge is 0.507 e. The maximum atomic E-state index is 11.6. The SMILES string of the molecule is O=Cc1c(/C=C/c2ccccc2)oc2c1cc(O)c1ccccc12. The van der Waals surface area contributed by atoms with Gasteiger partial charge < -0.3 is 9.52 Å². The first-order valence-electron chi connectivity index (χ1n) is 7.63. The summed E-state index contributed by atoms with van der Waals surface area (Å²) < 4.78 is 5.95. The Morgan fingerprint density at radius 2 is 1.54 bits per heavy atom. The molecular weight excluding hydrogens is 300 g/mol. The minimum atomic E-state index is 0.139. The number of phenolic OH excluding ortho intramolecular Hbond substituents is 1. The van der Waals surface area contributed by atoms with E-state index in [2.05, 4.69) is 0 Å².